The van der Waals surface area contributed by atoms with Gasteiger partial charge in [0.15, 0.2) is 0 Å². The van der Waals surface area contributed by atoms with Crippen LogP contribution in [0.3, 0.4) is 0 Å². The van der Waals surface area contributed by atoms with Gasteiger partial charge >= 0.3 is 0 Å². The molecule has 0 radical (unpaired) electrons. The molecule has 2 N–H and O–H groups in total. The molecule has 0 atom stereocenters. The number of nitrogen functional groups attached to an aromatic ring is 1. The number of imidazole rings is 1. The van der Waals surface area contributed by atoms with Crippen molar-refractivity contribution in [2.75, 3.05) is 5.73 Å². The Kier molecular flexibility index (Phi) is 2.01. The van der Waals surface area contributed by atoms with Gasteiger partial charge in [-0.05, 0) is 19.1 Å². The van der Waals surface area contributed by atoms with Crippen molar-refractivity contribution in [1.82, 2.24) is 24.5 Å². The van der Waals surface area contributed by atoms with E-state index in [1.165, 1.54) is 6.33 Å². The van der Waals surface area contributed by atoms with Gasteiger partial charge in [-0.1, -0.05) is 12.1 Å². The lowest BCUT2D eigenvalue weighted by molar-refractivity contribution is 0.885. The number of aryl methyl sites for hydroxylation is 1. The zero-order valence-electron chi connectivity index (χ0n) is 9.20. The van der Waals surface area contributed by atoms with E-state index in [9.17, 15) is 0 Å². The number of aromatic nitrogens is 5. The summed E-state index contributed by atoms with van der Waals surface area (Å²) in [5.74, 6) is 1.51. The molecule has 0 saturated carbocycles. The summed E-state index contributed by atoms with van der Waals surface area (Å²) in [4.78, 5) is 16.4. The fourth-order valence-corrected chi connectivity index (χ4v) is 1.81. The number of nitrogens with two attached hydrogens (primary N) is 1. The van der Waals surface area contributed by atoms with E-state index in [4.69, 9.17) is 5.73 Å². The van der Waals surface area contributed by atoms with Crippen LogP contribution in [-0.4, -0.2) is 24.5 Å². The molecule has 0 bridgehead atoms. The van der Waals surface area contributed by atoms with E-state index in [-0.39, 0.29) is 5.95 Å². The number of fused-ring (bicyclic) bond motifs is 1. The van der Waals surface area contributed by atoms with Crippen molar-refractivity contribution in [2.24, 2.45) is 0 Å². The predicted octanol–water partition coefficient (Wildman–Crippen LogP) is 1.10. The number of benzene rings is 1. The lowest BCUT2D eigenvalue weighted by atomic mass is 10.3. The average Bonchev–Trinajstić information content (AvgIpc) is 2.64. The first-order valence-electron chi connectivity index (χ1n) is 5.14. The molecule has 0 fully saturated rings. The first kappa shape index (κ1) is 9.71. The summed E-state index contributed by atoms with van der Waals surface area (Å²) in [6.07, 6.45) is 1.39. The molecule has 0 unspecified atom stereocenters. The third kappa shape index (κ3) is 1.50. The maximum atomic E-state index is 5.56. The quantitative estimate of drug-likeness (QED) is 0.671. The summed E-state index contributed by atoms with van der Waals surface area (Å²) in [5, 5.41) is 0. The molecule has 2 heterocycles. The van der Waals surface area contributed by atoms with Gasteiger partial charge < -0.3 is 5.73 Å². The molecule has 0 aliphatic heterocycles. The molecule has 1 aromatic carbocycles. The molecule has 17 heavy (non-hydrogen) atoms. The average molecular weight is 226 g/mol. The summed E-state index contributed by atoms with van der Waals surface area (Å²) in [6, 6.07) is 7.81. The standard InChI is InChI=1S/C11H10N6/c1-7-15-8-4-2-3-5-9(8)17(7)11-14-6-13-10(12)16-11/h2-6H,1H3,(H2,12,13,14,16). The fourth-order valence-electron chi connectivity index (χ4n) is 1.81. The van der Waals surface area contributed by atoms with Crippen molar-refractivity contribution in [3.63, 3.8) is 0 Å². The Balaban J connectivity index is 2.33. The summed E-state index contributed by atoms with van der Waals surface area (Å²) >= 11 is 0. The van der Waals surface area contributed by atoms with Gasteiger partial charge in [0.25, 0.3) is 0 Å². The van der Waals surface area contributed by atoms with Crippen molar-refractivity contribution < 1.29 is 0 Å². The van der Waals surface area contributed by atoms with Gasteiger partial charge in [0.05, 0.1) is 11.0 Å². The lowest BCUT2D eigenvalue weighted by Gasteiger charge is -2.03. The Hall–Kier alpha value is -2.50. The number of para-hydroxylation sites is 2. The van der Waals surface area contributed by atoms with Gasteiger partial charge in [0.2, 0.25) is 11.9 Å². The van der Waals surface area contributed by atoms with Crippen LogP contribution in [0.2, 0.25) is 0 Å². The van der Waals surface area contributed by atoms with Crippen LogP contribution >= 0.6 is 0 Å². The molecule has 0 amide bonds. The van der Waals surface area contributed by atoms with Crippen molar-refractivity contribution in [2.45, 2.75) is 6.92 Å². The van der Waals surface area contributed by atoms with E-state index in [1.54, 1.807) is 0 Å². The minimum atomic E-state index is 0.201. The van der Waals surface area contributed by atoms with Crippen LogP contribution in [0.4, 0.5) is 5.95 Å². The highest BCUT2D eigenvalue weighted by Gasteiger charge is 2.10. The molecule has 6 heteroatoms. The first-order chi connectivity index (χ1) is 8.25. The number of nitrogens with zero attached hydrogens (tertiary/aromatic N) is 5. The van der Waals surface area contributed by atoms with Gasteiger partial charge in [-0.2, -0.15) is 4.98 Å². The topological polar surface area (TPSA) is 82.5 Å². The highest BCUT2D eigenvalue weighted by atomic mass is 15.2. The van der Waals surface area contributed by atoms with Crippen LogP contribution < -0.4 is 5.73 Å². The second-order valence-electron chi connectivity index (χ2n) is 3.63. The van der Waals surface area contributed by atoms with E-state index < -0.39 is 0 Å². The molecule has 0 spiro atoms. The van der Waals surface area contributed by atoms with Crippen molar-refractivity contribution in [3.05, 3.63) is 36.4 Å². The minimum absolute atomic E-state index is 0.201. The Labute approximate surface area is 97.2 Å². The molecule has 2 aromatic heterocycles. The zero-order valence-corrected chi connectivity index (χ0v) is 9.20. The second kappa shape index (κ2) is 3.51. The van der Waals surface area contributed by atoms with Gasteiger partial charge in [-0.25, -0.2) is 15.0 Å². The summed E-state index contributed by atoms with van der Waals surface area (Å²) in [5.41, 5.74) is 7.42. The molecular formula is C11H10N6. The third-order valence-electron chi connectivity index (χ3n) is 2.51. The van der Waals surface area contributed by atoms with Gasteiger partial charge in [0.1, 0.15) is 12.2 Å². The molecule has 3 aromatic rings. The SMILES string of the molecule is Cc1nc2ccccc2n1-c1ncnc(N)n1. The summed E-state index contributed by atoms with van der Waals surface area (Å²) < 4.78 is 1.85. The van der Waals surface area contributed by atoms with Gasteiger partial charge in [-0.3, -0.25) is 4.57 Å². The van der Waals surface area contributed by atoms with Crippen LogP contribution in [0, 0.1) is 6.92 Å². The van der Waals surface area contributed by atoms with Gasteiger partial charge in [0, 0.05) is 0 Å². The Morgan fingerprint density at radius 3 is 2.76 bits per heavy atom. The van der Waals surface area contributed by atoms with Crippen molar-refractivity contribution in [1.29, 1.82) is 0 Å². The van der Waals surface area contributed by atoms with Crippen LogP contribution in [0.5, 0.6) is 0 Å². The van der Waals surface area contributed by atoms with Crippen molar-refractivity contribution >= 4 is 17.0 Å². The van der Waals surface area contributed by atoms with E-state index in [0.717, 1.165) is 16.9 Å². The zero-order chi connectivity index (χ0) is 11.8. The smallest absolute Gasteiger partial charge is 0.240 e. The number of anilines is 1. The second-order valence-corrected chi connectivity index (χ2v) is 3.63. The van der Waals surface area contributed by atoms with E-state index in [1.807, 2.05) is 35.8 Å². The minimum Gasteiger partial charge on any atom is -0.368 e. The highest BCUT2D eigenvalue weighted by molar-refractivity contribution is 5.77. The first-order valence-corrected chi connectivity index (χ1v) is 5.14. The molecule has 3 rings (SSSR count). The van der Waals surface area contributed by atoms with E-state index in [2.05, 4.69) is 19.9 Å². The predicted molar refractivity (Wildman–Crippen MR) is 63.6 cm³/mol. The van der Waals surface area contributed by atoms with Crippen LogP contribution in [-0.2, 0) is 0 Å². The largest absolute Gasteiger partial charge is 0.368 e. The molecule has 0 aliphatic carbocycles. The molecule has 0 aliphatic rings. The summed E-state index contributed by atoms with van der Waals surface area (Å²) in [7, 11) is 0. The monoisotopic (exact) mass is 226 g/mol. The molecule has 6 nitrogen and oxygen atoms in total. The molecule has 84 valence electrons. The van der Waals surface area contributed by atoms with Crippen LogP contribution in [0.25, 0.3) is 17.0 Å². The van der Waals surface area contributed by atoms with Crippen molar-refractivity contribution in [3.8, 4) is 5.95 Å². The number of hydrogen-bond donors (Lipinski definition) is 1. The van der Waals surface area contributed by atoms with E-state index in [0.29, 0.717) is 5.95 Å². The highest BCUT2D eigenvalue weighted by Crippen LogP contribution is 2.18. The maximum Gasteiger partial charge on any atom is 0.240 e. The summed E-state index contributed by atoms with van der Waals surface area (Å²) in [6.45, 7) is 1.90. The molecular weight excluding hydrogens is 216 g/mol. The maximum absolute atomic E-state index is 5.56. The Morgan fingerprint density at radius 2 is 1.94 bits per heavy atom. The van der Waals surface area contributed by atoms with E-state index >= 15 is 0 Å². The lowest BCUT2D eigenvalue weighted by Crippen LogP contribution is -2.06. The fraction of sp³-hybridized carbons (Fsp3) is 0.0909. The number of hydrogen-bond acceptors (Lipinski definition) is 5. The normalized spacial score (nSPS) is 10.9. The molecule has 0 saturated heterocycles. The Morgan fingerprint density at radius 1 is 1.12 bits per heavy atom. The Bertz CT molecular complexity index is 687. The van der Waals surface area contributed by atoms with Gasteiger partial charge in [-0.15, -0.1) is 0 Å². The van der Waals surface area contributed by atoms with Crippen LogP contribution in [0.15, 0.2) is 30.6 Å². The van der Waals surface area contributed by atoms with Crippen LogP contribution in [0.1, 0.15) is 5.82 Å². The third-order valence-corrected chi connectivity index (χ3v) is 2.51. The number of rotatable bonds is 1.